The third-order valence-corrected chi connectivity index (χ3v) is 17.8. The summed E-state index contributed by atoms with van der Waals surface area (Å²) in [6, 6.07) is 49.1. The van der Waals surface area contributed by atoms with Crippen LogP contribution in [0, 0.1) is 6.92 Å². The zero-order valence-electron chi connectivity index (χ0n) is 53.1. The van der Waals surface area contributed by atoms with Crippen molar-refractivity contribution < 1.29 is 39.4 Å². The fraction of sp³-hybridized carbons (Fsp3) is 0.333. The number of methoxy groups -OCH3 is 1. The molecule has 0 bridgehead atoms. The number of rotatable bonds is 16. The average Bonchev–Trinajstić information content (AvgIpc) is 1.07. The molecular formula is C72H84N12O8. The summed E-state index contributed by atoms with van der Waals surface area (Å²) in [6.07, 6.45) is 16.3. The lowest BCUT2D eigenvalue weighted by Crippen LogP contribution is -2.46. The number of aliphatic hydroxyl groups is 1. The molecule has 20 heteroatoms. The number of aromatic nitrogens is 4. The Hall–Kier alpha value is -9.60. The molecule has 1 unspecified atom stereocenters. The molecule has 2 aliphatic carbocycles. The maximum atomic E-state index is 11.6. The van der Waals surface area contributed by atoms with E-state index in [9.17, 15) is 19.2 Å². The molecule has 4 heterocycles. The lowest BCUT2D eigenvalue weighted by atomic mass is 9.76. The van der Waals surface area contributed by atoms with Crippen LogP contribution in [-0.2, 0) is 30.5 Å². The van der Waals surface area contributed by atoms with E-state index >= 15 is 0 Å². The summed E-state index contributed by atoms with van der Waals surface area (Å²) in [5.74, 6) is 0.893. The van der Waals surface area contributed by atoms with Crippen LogP contribution in [0.2, 0.25) is 0 Å². The molecule has 1 saturated carbocycles. The van der Waals surface area contributed by atoms with E-state index in [1.165, 1.54) is 81.5 Å². The van der Waals surface area contributed by atoms with Gasteiger partial charge in [-0.05, 0) is 135 Å². The van der Waals surface area contributed by atoms with E-state index in [1.807, 2.05) is 60.7 Å². The number of aryl methyl sites for hydroxylation is 2. The molecule has 8 aromatic rings. The van der Waals surface area contributed by atoms with Crippen molar-refractivity contribution in [1.29, 1.82) is 0 Å². The molecule has 1 saturated heterocycles. The van der Waals surface area contributed by atoms with Crippen LogP contribution in [0.1, 0.15) is 138 Å². The highest BCUT2D eigenvalue weighted by molar-refractivity contribution is 5.97. The van der Waals surface area contributed by atoms with Gasteiger partial charge in [0.25, 0.3) is 17.7 Å². The third kappa shape index (κ3) is 17.1. The lowest BCUT2D eigenvalue weighted by Gasteiger charge is -2.41. The van der Waals surface area contributed by atoms with Gasteiger partial charge in [-0.15, -0.1) is 0 Å². The summed E-state index contributed by atoms with van der Waals surface area (Å²) in [6.45, 7) is 6.51. The predicted octanol–water partition coefficient (Wildman–Crippen LogP) is 10.4. The molecule has 8 N–H and O–H groups in total. The number of fused-ring (bicyclic) bond motifs is 2. The fourth-order valence-corrected chi connectivity index (χ4v) is 12.5. The van der Waals surface area contributed by atoms with Crippen LogP contribution < -0.4 is 41.4 Å². The van der Waals surface area contributed by atoms with Crippen molar-refractivity contribution in [2.75, 3.05) is 81.5 Å². The van der Waals surface area contributed by atoms with E-state index in [0.717, 1.165) is 96.3 Å². The van der Waals surface area contributed by atoms with Gasteiger partial charge in [-0.25, -0.2) is 30.9 Å². The van der Waals surface area contributed by atoms with Crippen molar-refractivity contribution in [2.45, 2.75) is 94.7 Å². The highest BCUT2D eigenvalue weighted by atomic mass is 16.5. The van der Waals surface area contributed by atoms with Crippen molar-refractivity contribution in [3.63, 3.8) is 0 Å². The van der Waals surface area contributed by atoms with Gasteiger partial charge in [0.2, 0.25) is 11.9 Å². The summed E-state index contributed by atoms with van der Waals surface area (Å²) < 4.78 is 5.29. The van der Waals surface area contributed by atoms with Gasteiger partial charge in [-0.2, -0.15) is 0 Å². The van der Waals surface area contributed by atoms with Gasteiger partial charge in [0.15, 0.2) is 5.78 Å². The van der Waals surface area contributed by atoms with Gasteiger partial charge in [0.05, 0.1) is 40.7 Å². The number of carbonyl (C=O) groups is 4. The van der Waals surface area contributed by atoms with E-state index < -0.39 is 18.4 Å². The number of likely N-dealkylation sites (N-methyl/N-ethyl adjacent to an activating group) is 1. The van der Waals surface area contributed by atoms with Gasteiger partial charge in [-0.3, -0.25) is 29.6 Å². The van der Waals surface area contributed by atoms with Crippen LogP contribution in [0.3, 0.4) is 0 Å². The lowest BCUT2D eigenvalue weighted by molar-refractivity contribution is 0.0701. The Balaban J connectivity index is 0.000000145. The largest absolute Gasteiger partial charge is 0.497 e. The molecule has 0 spiro atoms. The molecule has 1 atom stereocenters. The molecule has 20 nitrogen and oxygen atoms in total. The van der Waals surface area contributed by atoms with Gasteiger partial charge >= 0.3 is 0 Å². The first-order chi connectivity index (χ1) is 44.6. The number of amides is 3. The molecule has 12 rings (SSSR count). The molecule has 6 aromatic carbocycles. The predicted molar refractivity (Wildman–Crippen MR) is 357 cm³/mol. The Bertz CT molecular complexity index is 3710. The summed E-state index contributed by atoms with van der Waals surface area (Å²) in [7, 11) is 7.60. The molecule has 2 aliphatic heterocycles. The van der Waals surface area contributed by atoms with Crippen molar-refractivity contribution in [3.05, 3.63) is 232 Å². The Morgan fingerprint density at radius 3 is 1.73 bits per heavy atom. The molecule has 92 heavy (non-hydrogen) atoms. The molecule has 2 fully saturated rings. The number of Topliss-reactive ketones (excluding diaryl/α,β-unsaturated/α-hetero) is 1. The number of likely N-dealkylation sites (tertiary alicyclic amines) is 1. The number of hydrogen-bond acceptors (Lipinski definition) is 17. The van der Waals surface area contributed by atoms with E-state index in [4.69, 9.17) is 20.3 Å². The zero-order valence-corrected chi connectivity index (χ0v) is 53.1. The second-order valence-electron chi connectivity index (χ2n) is 23.9. The fourth-order valence-electron chi connectivity index (χ4n) is 12.5. The van der Waals surface area contributed by atoms with Crippen molar-refractivity contribution in [2.24, 2.45) is 0 Å². The Morgan fingerprint density at radius 1 is 0.587 bits per heavy atom. The first-order valence-electron chi connectivity index (χ1n) is 31.3. The number of carbonyl (C=O) groups excluding carboxylic acids is 4. The molecular weight excluding hydrogens is 1160 g/mol. The first-order valence-corrected chi connectivity index (χ1v) is 31.3. The van der Waals surface area contributed by atoms with Crippen LogP contribution in [0.4, 0.5) is 23.3 Å². The minimum atomic E-state index is -0.626. The second-order valence-corrected chi connectivity index (χ2v) is 23.9. The molecule has 480 valence electrons. The summed E-state index contributed by atoms with van der Waals surface area (Å²) in [5, 5.41) is 35.8. The number of ether oxygens (including phenoxy) is 1. The number of para-hydroxylation sites is 2. The summed E-state index contributed by atoms with van der Waals surface area (Å²) >= 11 is 0. The minimum absolute atomic E-state index is 0.0449. The van der Waals surface area contributed by atoms with Crippen LogP contribution in [-0.4, -0.2) is 125 Å². The maximum absolute atomic E-state index is 11.6. The normalized spacial score (nSPS) is 16.0. The monoisotopic (exact) mass is 1240 g/mol. The number of nitrogens with zero attached hydrogens (tertiary/aromatic N) is 7. The Labute approximate surface area is 538 Å². The summed E-state index contributed by atoms with van der Waals surface area (Å²) in [4.78, 5) is 69.7. The van der Waals surface area contributed by atoms with Crippen LogP contribution in [0.15, 0.2) is 170 Å². The number of benzene rings is 6. The number of aliphatic hydroxyl groups excluding tert-OH is 1. The molecule has 4 aliphatic rings. The van der Waals surface area contributed by atoms with Crippen LogP contribution in [0.5, 0.6) is 5.75 Å². The Morgan fingerprint density at radius 2 is 1.15 bits per heavy atom. The van der Waals surface area contributed by atoms with Gasteiger partial charge in [0, 0.05) is 82.7 Å². The van der Waals surface area contributed by atoms with Crippen LogP contribution in [0.25, 0.3) is 0 Å². The smallest absolute Gasteiger partial charge is 0.277 e. The van der Waals surface area contributed by atoms with E-state index in [2.05, 4.69) is 144 Å². The number of hydrogen-bond donors (Lipinski definition) is 8. The van der Waals surface area contributed by atoms with Crippen molar-refractivity contribution >= 4 is 46.8 Å². The number of anilines is 4. The second kappa shape index (κ2) is 31.9. The minimum Gasteiger partial charge on any atom is -0.497 e. The van der Waals surface area contributed by atoms with Gasteiger partial charge in [0.1, 0.15) is 12.4 Å². The van der Waals surface area contributed by atoms with Crippen molar-refractivity contribution in [1.82, 2.24) is 41.1 Å². The average molecular weight is 1250 g/mol. The molecule has 3 amide bonds. The number of ketones is 1. The quantitative estimate of drug-likeness (QED) is 0.0254. The molecule has 2 aromatic heterocycles. The van der Waals surface area contributed by atoms with Crippen LogP contribution >= 0.6 is 0 Å². The van der Waals surface area contributed by atoms with Crippen molar-refractivity contribution in [3.8, 4) is 5.75 Å². The number of hydroxylamine groups is 2. The van der Waals surface area contributed by atoms with E-state index in [0.29, 0.717) is 28.9 Å². The zero-order chi connectivity index (χ0) is 65.0. The Kier molecular flexibility index (Phi) is 23.2. The SMILES string of the molecule is CN1CCC(Nc2ncc(C(=O)NO)cn2)(c2ccccc2)CC1.CNC(=O)c1ccc(CN2CCN(C)c3ccccc32)cc1.COc1ccc2c(c1)CCC2Cc1ccc(C(=O)CO)cc1.Cc1cccc(C2(Nc3ncc(C(=O)NO)cn3)CCCCC2)c1. The number of piperidine rings is 1. The first kappa shape index (κ1) is 66.8. The van der Waals surface area contributed by atoms with E-state index in [1.54, 1.807) is 37.3 Å². The maximum Gasteiger partial charge on any atom is 0.277 e. The third-order valence-electron chi connectivity index (χ3n) is 17.8. The topological polar surface area (TPSA) is 260 Å². The van der Waals surface area contributed by atoms with Gasteiger partial charge in [-0.1, -0.05) is 134 Å². The highest BCUT2D eigenvalue weighted by Crippen LogP contribution is 2.41. The van der Waals surface area contributed by atoms with E-state index in [-0.39, 0.29) is 33.9 Å². The standard InChI is InChI=1S/C19H20O3.C18H22N4O2.C18H21N3O.C17H21N5O2/c1-22-17-8-9-18-15(6-7-16(18)11-17)10-13-2-4-14(5-3-13)19(21)12-20;1-13-6-5-7-15(10-13)18(8-3-2-4-9-18)21-17-19-11-14(12-20-17)16(23)22-24;1-19-18(22)15-9-7-14(8-10-15)13-21-12-11-20(2)16-5-3-4-6-17(16)21;1-22-9-7-17(8-10-22,14-5-3-2-4-6-14)20-16-18-11-13(12-19-16)15(23)21-24/h2-5,8-9,11,15,20H,6-7,10,12H2,1H3;5-7,10-12,24H,2-4,8-9H2,1H3,(H,22,23)(H,19,20,21);3-10H,11-13H2,1-2H3,(H,19,22);2-6,11-12,24H,7-10H2,1H3,(H,21,23)(H,18,19,20). The summed E-state index contributed by atoms with van der Waals surface area (Å²) in [5.41, 5.74) is 15.9. The highest BCUT2D eigenvalue weighted by Gasteiger charge is 2.37. The van der Waals surface area contributed by atoms with Gasteiger partial charge < -0.3 is 40.5 Å². The molecule has 0 radical (unpaired) electrons. The number of nitrogens with one attached hydrogen (secondary N) is 5.